The van der Waals surface area contributed by atoms with E-state index in [-0.39, 0.29) is 11.5 Å². The van der Waals surface area contributed by atoms with Gasteiger partial charge < -0.3 is 9.57 Å². The number of benzene rings is 1. The van der Waals surface area contributed by atoms with Crippen LogP contribution in [0.25, 0.3) is 0 Å². The van der Waals surface area contributed by atoms with Crippen molar-refractivity contribution in [3.63, 3.8) is 0 Å². The normalized spacial score (nSPS) is 15.4. The Hall–Kier alpha value is -2.17. The number of hydrogen-bond acceptors (Lipinski definition) is 5. The van der Waals surface area contributed by atoms with Gasteiger partial charge in [0.25, 0.3) is 0 Å². The number of ketones is 1. The largest absolute Gasteiger partial charge is 0.494 e. The van der Waals surface area contributed by atoms with E-state index in [1.165, 1.54) is 6.92 Å². The fraction of sp³-hybridized carbons (Fsp3) is 0.438. The zero-order valence-corrected chi connectivity index (χ0v) is 12.5. The lowest BCUT2D eigenvalue weighted by molar-refractivity contribution is -0.140. The summed E-state index contributed by atoms with van der Waals surface area (Å²) in [6.45, 7) is 6.18. The van der Waals surface area contributed by atoms with Crippen molar-refractivity contribution >= 4 is 17.5 Å². The van der Waals surface area contributed by atoms with Gasteiger partial charge in [-0.3, -0.25) is 4.79 Å². The lowest BCUT2D eigenvalue weighted by Gasteiger charge is -2.08. The molecule has 0 amide bonds. The molecule has 1 aliphatic rings. The minimum Gasteiger partial charge on any atom is -0.494 e. The van der Waals surface area contributed by atoms with Gasteiger partial charge in [-0.15, -0.1) is 0 Å². The van der Waals surface area contributed by atoms with Gasteiger partial charge in [0.2, 0.25) is 5.78 Å². The van der Waals surface area contributed by atoms with Gasteiger partial charge in [0, 0.05) is 18.9 Å². The summed E-state index contributed by atoms with van der Waals surface area (Å²) >= 11 is 0. The molecule has 0 unspecified atom stereocenters. The molecule has 0 saturated heterocycles. The van der Waals surface area contributed by atoms with Crippen LogP contribution in [0.5, 0.6) is 5.75 Å². The zero-order chi connectivity index (χ0) is 15.4. The Morgan fingerprint density at radius 2 is 2.14 bits per heavy atom. The summed E-state index contributed by atoms with van der Waals surface area (Å²) in [5.41, 5.74) is 1.70. The summed E-state index contributed by atoms with van der Waals surface area (Å²) in [6, 6.07) is 5.37. The Balaban J connectivity index is 2.07. The molecule has 0 fully saturated rings. The summed E-state index contributed by atoms with van der Waals surface area (Å²) < 4.78 is 5.67. The van der Waals surface area contributed by atoms with E-state index < -0.39 is 5.97 Å². The molecule has 0 bridgehead atoms. The second-order valence-corrected chi connectivity index (χ2v) is 5.48. The van der Waals surface area contributed by atoms with Crippen LogP contribution >= 0.6 is 0 Å². The van der Waals surface area contributed by atoms with E-state index in [4.69, 9.17) is 4.74 Å². The van der Waals surface area contributed by atoms with Crippen LogP contribution < -0.4 is 4.74 Å². The molecule has 0 saturated carbocycles. The van der Waals surface area contributed by atoms with Gasteiger partial charge >= 0.3 is 5.97 Å². The maximum Gasteiger partial charge on any atom is 0.331 e. The molecule has 5 heteroatoms. The predicted molar refractivity (Wildman–Crippen MR) is 78.6 cm³/mol. The van der Waals surface area contributed by atoms with Crippen molar-refractivity contribution in [1.29, 1.82) is 0 Å². The number of rotatable bonds is 5. The van der Waals surface area contributed by atoms with Crippen molar-refractivity contribution in [2.45, 2.75) is 33.6 Å². The van der Waals surface area contributed by atoms with E-state index in [9.17, 15) is 9.59 Å². The fourth-order valence-corrected chi connectivity index (χ4v) is 2.05. The molecule has 0 spiro atoms. The summed E-state index contributed by atoms with van der Waals surface area (Å²) in [7, 11) is 0. The molecule has 112 valence electrons. The highest BCUT2D eigenvalue weighted by molar-refractivity contribution is 6.49. The maximum atomic E-state index is 12.1. The van der Waals surface area contributed by atoms with Crippen LogP contribution in [0, 0.1) is 5.92 Å². The van der Waals surface area contributed by atoms with Crippen molar-refractivity contribution in [2.24, 2.45) is 11.1 Å². The highest BCUT2D eigenvalue weighted by Gasteiger charge is 2.27. The first-order chi connectivity index (χ1) is 9.97. The molecule has 0 atom stereocenters. The fourth-order valence-electron chi connectivity index (χ4n) is 2.05. The van der Waals surface area contributed by atoms with Gasteiger partial charge in [-0.1, -0.05) is 19.0 Å². The SMILES string of the molecule is CC(=O)O/N=C1/Cc2cc(OCCC(C)C)ccc2C1=O. The number of Topliss-reactive ketones (excluding diaryl/α,β-unsaturated/α-hetero) is 1. The molecule has 0 N–H and O–H groups in total. The minimum atomic E-state index is -0.538. The molecular formula is C16H19NO4. The number of carbonyl (C=O) groups is 2. The van der Waals surface area contributed by atoms with Crippen molar-refractivity contribution in [1.82, 2.24) is 0 Å². The van der Waals surface area contributed by atoms with Crippen LogP contribution in [-0.2, 0) is 16.1 Å². The molecule has 0 aliphatic heterocycles. The lowest BCUT2D eigenvalue weighted by Crippen LogP contribution is -2.09. The van der Waals surface area contributed by atoms with E-state index >= 15 is 0 Å². The van der Waals surface area contributed by atoms with E-state index in [1.807, 2.05) is 6.07 Å². The minimum absolute atomic E-state index is 0.194. The van der Waals surface area contributed by atoms with Crippen LogP contribution in [0.15, 0.2) is 23.4 Å². The van der Waals surface area contributed by atoms with Gasteiger partial charge in [0.05, 0.1) is 6.61 Å². The Kier molecular flexibility index (Phi) is 4.73. The van der Waals surface area contributed by atoms with Gasteiger partial charge in [0.1, 0.15) is 11.5 Å². The van der Waals surface area contributed by atoms with Crippen LogP contribution in [0.3, 0.4) is 0 Å². The Morgan fingerprint density at radius 1 is 1.38 bits per heavy atom. The average molecular weight is 289 g/mol. The maximum absolute atomic E-state index is 12.1. The van der Waals surface area contributed by atoms with E-state index in [0.717, 1.165) is 17.7 Å². The van der Waals surface area contributed by atoms with Crippen molar-refractivity contribution in [3.05, 3.63) is 29.3 Å². The van der Waals surface area contributed by atoms with Gasteiger partial charge in [0.15, 0.2) is 0 Å². The Bertz CT molecular complexity index is 590. The van der Waals surface area contributed by atoms with E-state index in [2.05, 4.69) is 23.8 Å². The zero-order valence-electron chi connectivity index (χ0n) is 12.5. The number of nitrogens with zero attached hydrogens (tertiary/aromatic N) is 1. The number of ether oxygens (including phenoxy) is 1. The number of carbonyl (C=O) groups excluding carboxylic acids is 2. The first-order valence-corrected chi connectivity index (χ1v) is 7.02. The van der Waals surface area contributed by atoms with Gasteiger partial charge in [-0.05, 0) is 36.1 Å². The molecular weight excluding hydrogens is 270 g/mol. The Labute approximate surface area is 123 Å². The summed E-state index contributed by atoms with van der Waals surface area (Å²) in [5.74, 6) is 0.600. The number of oxime groups is 1. The number of hydrogen-bond donors (Lipinski definition) is 0. The first-order valence-electron chi connectivity index (χ1n) is 7.02. The van der Waals surface area contributed by atoms with E-state index in [1.54, 1.807) is 12.1 Å². The molecule has 5 nitrogen and oxygen atoms in total. The highest BCUT2D eigenvalue weighted by Crippen LogP contribution is 2.25. The van der Waals surface area contributed by atoms with Crippen LogP contribution in [0.1, 0.15) is 43.1 Å². The molecule has 1 aliphatic carbocycles. The average Bonchev–Trinajstić information content (AvgIpc) is 2.72. The highest BCUT2D eigenvalue weighted by atomic mass is 16.7. The quantitative estimate of drug-likeness (QED) is 0.617. The molecule has 0 aromatic heterocycles. The molecule has 21 heavy (non-hydrogen) atoms. The van der Waals surface area contributed by atoms with Crippen LogP contribution in [0.2, 0.25) is 0 Å². The monoisotopic (exact) mass is 289 g/mol. The summed E-state index contributed by atoms with van der Waals surface area (Å²) in [5, 5.41) is 3.61. The lowest BCUT2D eigenvalue weighted by atomic mass is 10.1. The van der Waals surface area contributed by atoms with Gasteiger partial charge in [-0.2, -0.15) is 0 Å². The molecule has 1 aromatic carbocycles. The molecule has 1 aromatic rings. The number of fused-ring (bicyclic) bond motifs is 1. The second-order valence-electron chi connectivity index (χ2n) is 5.48. The predicted octanol–water partition coefficient (Wildman–Crippen LogP) is 2.77. The topological polar surface area (TPSA) is 65.0 Å². The smallest absolute Gasteiger partial charge is 0.331 e. The Morgan fingerprint density at radius 3 is 2.81 bits per heavy atom. The van der Waals surface area contributed by atoms with Crippen molar-refractivity contribution in [2.75, 3.05) is 6.61 Å². The van der Waals surface area contributed by atoms with Crippen molar-refractivity contribution < 1.29 is 19.2 Å². The second kappa shape index (κ2) is 6.52. The van der Waals surface area contributed by atoms with Crippen LogP contribution in [0.4, 0.5) is 0 Å². The molecule has 0 heterocycles. The summed E-state index contributed by atoms with van der Waals surface area (Å²) in [6.07, 6.45) is 1.35. The third kappa shape index (κ3) is 3.90. The van der Waals surface area contributed by atoms with Crippen molar-refractivity contribution in [3.8, 4) is 5.75 Å². The van der Waals surface area contributed by atoms with E-state index in [0.29, 0.717) is 24.5 Å². The molecule has 0 radical (unpaired) electrons. The van der Waals surface area contributed by atoms with Crippen LogP contribution in [-0.4, -0.2) is 24.1 Å². The summed E-state index contributed by atoms with van der Waals surface area (Å²) in [4.78, 5) is 27.4. The first kappa shape index (κ1) is 15.2. The molecule has 2 rings (SSSR count). The van der Waals surface area contributed by atoms with Gasteiger partial charge in [-0.25, -0.2) is 4.79 Å². The standard InChI is InChI=1S/C16H19NO4/c1-10(2)6-7-20-13-4-5-14-12(8-13)9-15(16(14)19)17-21-11(3)18/h4-5,8,10H,6-7,9H2,1-3H3/b17-15-. The third-order valence-electron chi connectivity index (χ3n) is 3.19. The third-order valence-corrected chi connectivity index (χ3v) is 3.19.